The minimum Gasteiger partial charge on any atom is -0.353 e. The normalized spacial score (nSPS) is 18.1. The Balaban J connectivity index is 1.35. The summed E-state index contributed by atoms with van der Waals surface area (Å²) in [6.45, 7) is 10.3. The summed E-state index contributed by atoms with van der Waals surface area (Å²) < 4.78 is 1.96. The Labute approximate surface area is 165 Å². The molecule has 4 heterocycles. The molecule has 146 valence electrons. The van der Waals surface area contributed by atoms with E-state index in [1.807, 2.05) is 29.2 Å². The number of anilines is 2. The second-order valence-corrected chi connectivity index (χ2v) is 8.88. The maximum absolute atomic E-state index is 4.80. The minimum absolute atomic E-state index is 0.0221. The van der Waals surface area contributed by atoms with Gasteiger partial charge in [0.05, 0.1) is 5.69 Å². The molecule has 0 unspecified atom stereocenters. The zero-order chi connectivity index (χ0) is 19.3. The third-order valence-electron chi connectivity index (χ3n) is 5.64. The molecule has 0 amide bonds. The second kappa shape index (κ2) is 6.43. The molecular formula is C21H27N7. The van der Waals surface area contributed by atoms with Gasteiger partial charge in [-0.15, -0.1) is 0 Å². The quantitative estimate of drug-likeness (QED) is 0.699. The summed E-state index contributed by atoms with van der Waals surface area (Å²) in [6, 6.07) is 4.22. The molecule has 5 rings (SSSR count). The summed E-state index contributed by atoms with van der Waals surface area (Å²) in [5, 5.41) is 4.76. The number of piperazine rings is 1. The van der Waals surface area contributed by atoms with Crippen molar-refractivity contribution in [1.82, 2.24) is 24.6 Å². The first-order chi connectivity index (χ1) is 13.5. The van der Waals surface area contributed by atoms with Crippen LogP contribution in [0, 0.1) is 0 Å². The third-order valence-corrected chi connectivity index (χ3v) is 5.64. The Morgan fingerprint density at radius 2 is 1.71 bits per heavy atom. The van der Waals surface area contributed by atoms with Gasteiger partial charge in [0, 0.05) is 56.1 Å². The van der Waals surface area contributed by atoms with E-state index in [1.165, 1.54) is 12.8 Å². The van der Waals surface area contributed by atoms with Gasteiger partial charge >= 0.3 is 0 Å². The summed E-state index contributed by atoms with van der Waals surface area (Å²) >= 11 is 0. The van der Waals surface area contributed by atoms with Gasteiger partial charge in [-0.2, -0.15) is 5.10 Å². The zero-order valence-electron chi connectivity index (χ0n) is 16.8. The maximum atomic E-state index is 4.80. The molecule has 0 spiro atoms. The number of fused-ring (bicyclic) bond motifs is 1. The average molecular weight is 377 g/mol. The van der Waals surface area contributed by atoms with E-state index < -0.39 is 0 Å². The molecule has 28 heavy (non-hydrogen) atoms. The molecule has 3 aromatic heterocycles. The van der Waals surface area contributed by atoms with E-state index in [0.29, 0.717) is 5.92 Å². The lowest BCUT2D eigenvalue weighted by Gasteiger charge is -2.36. The van der Waals surface area contributed by atoms with E-state index in [2.05, 4.69) is 41.6 Å². The van der Waals surface area contributed by atoms with Gasteiger partial charge < -0.3 is 9.80 Å². The van der Waals surface area contributed by atoms with Gasteiger partial charge in [0.1, 0.15) is 17.2 Å². The van der Waals surface area contributed by atoms with E-state index in [4.69, 9.17) is 15.1 Å². The molecule has 1 aliphatic carbocycles. The first-order valence-electron chi connectivity index (χ1n) is 10.2. The van der Waals surface area contributed by atoms with E-state index in [-0.39, 0.29) is 5.41 Å². The summed E-state index contributed by atoms with van der Waals surface area (Å²) in [5.74, 6) is 3.68. The highest BCUT2D eigenvalue weighted by Gasteiger charge is 2.28. The Hall–Kier alpha value is -2.70. The Morgan fingerprint density at radius 1 is 0.964 bits per heavy atom. The molecule has 3 aromatic rings. The highest BCUT2D eigenvalue weighted by atomic mass is 15.3. The Morgan fingerprint density at radius 3 is 2.43 bits per heavy atom. The molecule has 7 nitrogen and oxygen atoms in total. The van der Waals surface area contributed by atoms with Gasteiger partial charge in [0.2, 0.25) is 0 Å². The molecule has 1 saturated carbocycles. The molecule has 0 atom stereocenters. The van der Waals surface area contributed by atoms with E-state index in [1.54, 1.807) is 0 Å². The molecule has 1 saturated heterocycles. The molecule has 0 N–H and O–H groups in total. The Kier molecular flexibility index (Phi) is 4.00. The molecule has 2 aliphatic rings. The van der Waals surface area contributed by atoms with Crippen molar-refractivity contribution in [2.75, 3.05) is 36.0 Å². The molecule has 0 bridgehead atoms. The summed E-state index contributed by atoms with van der Waals surface area (Å²) in [6.07, 6.45) is 8.15. The lowest BCUT2D eigenvalue weighted by atomic mass is 9.92. The predicted molar refractivity (Wildman–Crippen MR) is 110 cm³/mol. The van der Waals surface area contributed by atoms with Crippen molar-refractivity contribution in [2.45, 2.75) is 44.9 Å². The van der Waals surface area contributed by atoms with Crippen LogP contribution < -0.4 is 9.80 Å². The topological polar surface area (TPSA) is 62.5 Å². The van der Waals surface area contributed by atoms with Gasteiger partial charge in [0.25, 0.3) is 0 Å². The SMILES string of the molecule is CC(C)(C)c1cc2c(N3CCN(c4ccnc(C5CC5)n4)CC3)nccn2n1. The van der Waals surface area contributed by atoms with Crippen molar-refractivity contribution in [2.24, 2.45) is 0 Å². The fourth-order valence-electron chi connectivity index (χ4n) is 3.74. The molecule has 0 radical (unpaired) electrons. The van der Waals surface area contributed by atoms with E-state index >= 15 is 0 Å². The van der Waals surface area contributed by atoms with Crippen LogP contribution >= 0.6 is 0 Å². The first kappa shape index (κ1) is 17.4. The highest BCUT2D eigenvalue weighted by Crippen LogP contribution is 2.38. The summed E-state index contributed by atoms with van der Waals surface area (Å²) in [4.78, 5) is 18.7. The van der Waals surface area contributed by atoms with Crippen molar-refractivity contribution in [3.8, 4) is 0 Å². The van der Waals surface area contributed by atoms with Crippen molar-refractivity contribution >= 4 is 17.2 Å². The molecule has 2 fully saturated rings. The van der Waals surface area contributed by atoms with Crippen LogP contribution in [0.1, 0.15) is 51.0 Å². The first-order valence-corrected chi connectivity index (χ1v) is 10.2. The zero-order valence-corrected chi connectivity index (χ0v) is 16.8. The predicted octanol–water partition coefficient (Wildman–Crippen LogP) is 3.02. The number of hydrogen-bond donors (Lipinski definition) is 0. The number of rotatable bonds is 3. The van der Waals surface area contributed by atoms with Crippen LogP contribution in [-0.4, -0.2) is 50.7 Å². The van der Waals surface area contributed by atoms with Crippen LogP contribution in [0.25, 0.3) is 5.52 Å². The fraction of sp³-hybridized carbons (Fsp3) is 0.524. The molecule has 1 aliphatic heterocycles. The second-order valence-electron chi connectivity index (χ2n) is 8.88. The third kappa shape index (κ3) is 3.19. The van der Waals surface area contributed by atoms with Crippen LogP contribution in [0.4, 0.5) is 11.6 Å². The maximum Gasteiger partial charge on any atom is 0.154 e. The number of aromatic nitrogens is 5. The van der Waals surface area contributed by atoms with E-state index in [9.17, 15) is 0 Å². The van der Waals surface area contributed by atoms with Gasteiger partial charge in [0.15, 0.2) is 5.82 Å². The van der Waals surface area contributed by atoms with Crippen LogP contribution in [0.15, 0.2) is 30.7 Å². The van der Waals surface area contributed by atoms with Gasteiger partial charge in [-0.05, 0) is 25.0 Å². The Bertz CT molecular complexity index is 991. The lowest BCUT2D eigenvalue weighted by Crippen LogP contribution is -2.47. The van der Waals surface area contributed by atoms with Gasteiger partial charge in [-0.3, -0.25) is 0 Å². The number of hydrogen-bond acceptors (Lipinski definition) is 6. The number of nitrogens with zero attached hydrogens (tertiary/aromatic N) is 7. The van der Waals surface area contributed by atoms with Crippen molar-refractivity contribution < 1.29 is 0 Å². The summed E-state index contributed by atoms with van der Waals surface area (Å²) in [5.41, 5.74) is 2.20. The average Bonchev–Trinajstić information content (AvgIpc) is 3.45. The van der Waals surface area contributed by atoms with Crippen LogP contribution in [0.5, 0.6) is 0 Å². The molecule has 0 aromatic carbocycles. The lowest BCUT2D eigenvalue weighted by molar-refractivity contribution is 0.562. The van der Waals surface area contributed by atoms with Gasteiger partial charge in [-0.25, -0.2) is 19.5 Å². The fourth-order valence-corrected chi connectivity index (χ4v) is 3.74. The van der Waals surface area contributed by atoms with Crippen LogP contribution in [-0.2, 0) is 5.41 Å². The molecular weight excluding hydrogens is 350 g/mol. The van der Waals surface area contributed by atoms with E-state index in [0.717, 1.165) is 54.8 Å². The summed E-state index contributed by atoms with van der Waals surface area (Å²) in [7, 11) is 0. The largest absolute Gasteiger partial charge is 0.353 e. The highest BCUT2D eigenvalue weighted by molar-refractivity contribution is 5.70. The standard InChI is InChI=1S/C21H27N7/c1-21(2,3)17-14-16-20(23-8-9-28(16)25-17)27-12-10-26(11-13-27)18-6-7-22-19(24-18)15-4-5-15/h6-9,14-15H,4-5,10-13H2,1-3H3. The molecule has 7 heteroatoms. The monoisotopic (exact) mass is 377 g/mol. The minimum atomic E-state index is 0.0221. The van der Waals surface area contributed by atoms with Crippen molar-refractivity contribution in [3.05, 3.63) is 42.2 Å². The van der Waals surface area contributed by atoms with Crippen molar-refractivity contribution in [3.63, 3.8) is 0 Å². The van der Waals surface area contributed by atoms with Crippen LogP contribution in [0.3, 0.4) is 0 Å². The van der Waals surface area contributed by atoms with Crippen molar-refractivity contribution in [1.29, 1.82) is 0 Å². The van der Waals surface area contributed by atoms with Gasteiger partial charge in [-0.1, -0.05) is 20.8 Å². The smallest absolute Gasteiger partial charge is 0.154 e. The van der Waals surface area contributed by atoms with Crippen LogP contribution in [0.2, 0.25) is 0 Å².